The van der Waals surface area contributed by atoms with Crippen molar-refractivity contribution in [3.63, 3.8) is 0 Å². The van der Waals surface area contributed by atoms with E-state index in [1.165, 1.54) is 0 Å². The summed E-state index contributed by atoms with van der Waals surface area (Å²) in [6, 6.07) is 9.98. The Morgan fingerprint density at radius 2 is 1.60 bits per heavy atom. The Balaban J connectivity index is 2.18. The Labute approximate surface area is 105 Å². The standard InChI is InChI=1S/C11H8Br2N2/c12-8-1-3-10(4-2-8)15-11-5-9(13)6-14-7-11/h1-7,15H. The predicted octanol–water partition coefficient (Wildman–Crippen LogP) is 4.35. The minimum atomic E-state index is 0.963. The van der Waals surface area contributed by atoms with Crippen molar-refractivity contribution in [2.24, 2.45) is 0 Å². The van der Waals surface area contributed by atoms with Crippen LogP contribution in [0, 0.1) is 0 Å². The molecule has 4 heteroatoms. The first-order valence-corrected chi connectivity index (χ1v) is 5.96. The van der Waals surface area contributed by atoms with Gasteiger partial charge in [0.15, 0.2) is 0 Å². The molecule has 0 aliphatic rings. The zero-order valence-electron chi connectivity index (χ0n) is 7.74. The van der Waals surface area contributed by atoms with Crippen molar-refractivity contribution < 1.29 is 0 Å². The number of nitrogens with one attached hydrogen (secondary N) is 1. The first kappa shape index (κ1) is 10.6. The second kappa shape index (κ2) is 4.77. The number of anilines is 2. The zero-order valence-corrected chi connectivity index (χ0v) is 10.9. The van der Waals surface area contributed by atoms with Crippen LogP contribution >= 0.6 is 31.9 Å². The third kappa shape index (κ3) is 3.04. The Morgan fingerprint density at radius 1 is 0.867 bits per heavy atom. The second-order valence-corrected chi connectivity index (χ2v) is 4.86. The van der Waals surface area contributed by atoms with E-state index in [2.05, 4.69) is 42.2 Å². The molecule has 0 saturated carbocycles. The van der Waals surface area contributed by atoms with Crippen molar-refractivity contribution in [1.82, 2.24) is 4.98 Å². The van der Waals surface area contributed by atoms with Crippen LogP contribution in [-0.4, -0.2) is 4.98 Å². The quantitative estimate of drug-likeness (QED) is 0.887. The maximum absolute atomic E-state index is 4.08. The van der Waals surface area contributed by atoms with Gasteiger partial charge in [0, 0.05) is 20.8 Å². The summed E-state index contributed by atoms with van der Waals surface area (Å²) in [6.45, 7) is 0. The molecule has 1 N–H and O–H groups in total. The first-order valence-electron chi connectivity index (χ1n) is 4.37. The highest BCUT2D eigenvalue weighted by Crippen LogP contribution is 2.20. The summed E-state index contributed by atoms with van der Waals surface area (Å²) < 4.78 is 2.03. The third-order valence-electron chi connectivity index (χ3n) is 1.84. The summed E-state index contributed by atoms with van der Waals surface area (Å²) in [6.07, 6.45) is 3.54. The van der Waals surface area contributed by atoms with Gasteiger partial charge in [0.05, 0.1) is 11.9 Å². The molecule has 0 radical (unpaired) electrons. The number of pyridine rings is 1. The van der Waals surface area contributed by atoms with Gasteiger partial charge in [0.2, 0.25) is 0 Å². The average molecular weight is 328 g/mol. The lowest BCUT2D eigenvalue weighted by molar-refractivity contribution is 1.30. The maximum Gasteiger partial charge on any atom is 0.0582 e. The number of nitrogens with zero attached hydrogens (tertiary/aromatic N) is 1. The van der Waals surface area contributed by atoms with Gasteiger partial charge in [-0.15, -0.1) is 0 Å². The molecule has 2 aromatic rings. The first-order chi connectivity index (χ1) is 7.24. The van der Waals surface area contributed by atoms with E-state index in [9.17, 15) is 0 Å². The Bertz CT molecular complexity index is 454. The van der Waals surface area contributed by atoms with Gasteiger partial charge in [-0.25, -0.2) is 0 Å². The molecule has 0 aliphatic carbocycles. The van der Waals surface area contributed by atoms with Crippen LogP contribution in [0.3, 0.4) is 0 Å². The molecule has 76 valence electrons. The van der Waals surface area contributed by atoms with Crippen LogP contribution in [0.15, 0.2) is 51.7 Å². The fourth-order valence-corrected chi connectivity index (χ4v) is 1.81. The summed E-state index contributed by atoms with van der Waals surface area (Å²) in [5.41, 5.74) is 2.00. The molecular weight excluding hydrogens is 320 g/mol. The van der Waals surface area contributed by atoms with E-state index in [4.69, 9.17) is 0 Å². The van der Waals surface area contributed by atoms with Gasteiger partial charge in [-0.05, 0) is 46.3 Å². The molecule has 0 aliphatic heterocycles. The molecule has 0 spiro atoms. The van der Waals surface area contributed by atoms with Gasteiger partial charge < -0.3 is 5.32 Å². The number of halogens is 2. The van der Waals surface area contributed by atoms with Crippen molar-refractivity contribution >= 4 is 43.2 Å². The summed E-state index contributed by atoms with van der Waals surface area (Å²) in [4.78, 5) is 4.08. The fourth-order valence-electron chi connectivity index (χ4n) is 1.18. The van der Waals surface area contributed by atoms with E-state index in [0.717, 1.165) is 20.3 Å². The van der Waals surface area contributed by atoms with Crippen molar-refractivity contribution in [1.29, 1.82) is 0 Å². The molecule has 0 unspecified atom stereocenters. The largest absolute Gasteiger partial charge is 0.354 e. The van der Waals surface area contributed by atoms with E-state index in [0.29, 0.717) is 0 Å². The van der Waals surface area contributed by atoms with E-state index in [1.54, 1.807) is 12.4 Å². The molecular formula is C11H8Br2N2. The lowest BCUT2D eigenvalue weighted by Gasteiger charge is -2.05. The van der Waals surface area contributed by atoms with Crippen LogP contribution in [0.5, 0.6) is 0 Å². The predicted molar refractivity (Wildman–Crippen MR) is 69.4 cm³/mol. The highest BCUT2D eigenvalue weighted by atomic mass is 79.9. The molecule has 0 atom stereocenters. The van der Waals surface area contributed by atoms with Crippen LogP contribution < -0.4 is 5.32 Å². The minimum absolute atomic E-state index is 0.963. The summed E-state index contributed by atoms with van der Waals surface area (Å²) in [5.74, 6) is 0. The molecule has 0 amide bonds. The van der Waals surface area contributed by atoms with Crippen LogP contribution in [0.25, 0.3) is 0 Å². The van der Waals surface area contributed by atoms with Gasteiger partial charge in [-0.3, -0.25) is 4.98 Å². The van der Waals surface area contributed by atoms with Crippen molar-refractivity contribution in [2.75, 3.05) is 5.32 Å². The van der Waals surface area contributed by atoms with Gasteiger partial charge in [-0.1, -0.05) is 15.9 Å². The summed E-state index contributed by atoms with van der Waals surface area (Å²) >= 11 is 6.77. The van der Waals surface area contributed by atoms with Gasteiger partial charge in [-0.2, -0.15) is 0 Å². The summed E-state index contributed by atoms with van der Waals surface area (Å²) in [7, 11) is 0. The monoisotopic (exact) mass is 326 g/mol. The Hall–Kier alpha value is -0.870. The van der Waals surface area contributed by atoms with Crippen molar-refractivity contribution in [3.05, 3.63) is 51.7 Å². The number of hydrogen-bond acceptors (Lipinski definition) is 2. The van der Waals surface area contributed by atoms with E-state index >= 15 is 0 Å². The molecule has 0 saturated heterocycles. The van der Waals surface area contributed by atoms with Crippen LogP contribution in [0.4, 0.5) is 11.4 Å². The zero-order chi connectivity index (χ0) is 10.7. The molecule has 1 aromatic carbocycles. The number of benzene rings is 1. The van der Waals surface area contributed by atoms with Crippen LogP contribution in [0.2, 0.25) is 0 Å². The maximum atomic E-state index is 4.08. The second-order valence-electron chi connectivity index (χ2n) is 3.02. The number of hydrogen-bond donors (Lipinski definition) is 1. The minimum Gasteiger partial charge on any atom is -0.354 e. The van der Waals surface area contributed by atoms with Crippen molar-refractivity contribution in [2.45, 2.75) is 0 Å². The average Bonchev–Trinajstić information content (AvgIpc) is 2.22. The smallest absolute Gasteiger partial charge is 0.0582 e. The number of aromatic nitrogens is 1. The topological polar surface area (TPSA) is 24.9 Å². The number of rotatable bonds is 2. The molecule has 0 bridgehead atoms. The van der Waals surface area contributed by atoms with Crippen LogP contribution in [-0.2, 0) is 0 Å². The van der Waals surface area contributed by atoms with Gasteiger partial charge >= 0.3 is 0 Å². The molecule has 2 rings (SSSR count). The van der Waals surface area contributed by atoms with Gasteiger partial charge in [0.1, 0.15) is 0 Å². The SMILES string of the molecule is Brc1ccc(Nc2cncc(Br)c2)cc1. The van der Waals surface area contributed by atoms with Crippen molar-refractivity contribution in [3.8, 4) is 0 Å². The molecule has 1 heterocycles. The van der Waals surface area contributed by atoms with E-state index < -0.39 is 0 Å². The highest BCUT2D eigenvalue weighted by Gasteiger charge is 1.95. The van der Waals surface area contributed by atoms with Gasteiger partial charge in [0.25, 0.3) is 0 Å². The normalized spacial score (nSPS) is 10.0. The van der Waals surface area contributed by atoms with E-state index in [-0.39, 0.29) is 0 Å². The third-order valence-corrected chi connectivity index (χ3v) is 2.80. The fraction of sp³-hybridized carbons (Fsp3) is 0. The lowest BCUT2D eigenvalue weighted by atomic mass is 10.3. The van der Waals surface area contributed by atoms with Crippen LogP contribution in [0.1, 0.15) is 0 Å². The van der Waals surface area contributed by atoms with E-state index in [1.807, 2.05) is 30.3 Å². The molecule has 2 nitrogen and oxygen atoms in total. The highest BCUT2D eigenvalue weighted by molar-refractivity contribution is 9.10. The lowest BCUT2D eigenvalue weighted by Crippen LogP contribution is -1.90. The molecule has 0 fully saturated rings. The Morgan fingerprint density at radius 3 is 2.27 bits per heavy atom. The Kier molecular flexibility index (Phi) is 3.38. The summed E-state index contributed by atoms with van der Waals surface area (Å²) in [5, 5.41) is 3.26. The molecule has 1 aromatic heterocycles. The molecule has 15 heavy (non-hydrogen) atoms.